The summed E-state index contributed by atoms with van der Waals surface area (Å²) in [6, 6.07) is 0. The molecule has 2 nitrogen and oxygen atoms in total. The Labute approximate surface area is 68.9 Å². The summed E-state index contributed by atoms with van der Waals surface area (Å²) < 4.78 is 10.9. The molecule has 0 radical (unpaired) electrons. The molecule has 1 saturated heterocycles. The van der Waals surface area contributed by atoms with Gasteiger partial charge < -0.3 is 9.47 Å². The van der Waals surface area contributed by atoms with Gasteiger partial charge in [-0.1, -0.05) is 13.8 Å². The van der Waals surface area contributed by atoms with Gasteiger partial charge in [0.15, 0.2) is 0 Å². The summed E-state index contributed by atoms with van der Waals surface area (Å²) in [5.74, 6) is 0.590. The second kappa shape index (κ2) is 3.11. The van der Waals surface area contributed by atoms with Gasteiger partial charge in [0.2, 0.25) is 0 Å². The Hall–Kier alpha value is -0.0800. The van der Waals surface area contributed by atoms with Crippen LogP contribution in [0.25, 0.3) is 0 Å². The van der Waals surface area contributed by atoms with Crippen LogP contribution < -0.4 is 0 Å². The molecule has 66 valence electrons. The van der Waals surface area contributed by atoms with Crippen molar-refractivity contribution >= 4 is 0 Å². The first-order valence-electron chi connectivity index (χ1n) is 4.29. The maximum atomic E-state index is 5.81. The normalized spacial score (nSPS) is 24.8. The summed E-state index contributed by atoms with van der Waals surface area (Å²) in [7, 11) is 0. The Bertz CT molecular complexity index is 128. The van der Waals surface area contributed by atoms with Gasteiger partial charge in [-0.3, -0.25) is 0 Å². The van der Waals surface area contributed by atoms with Crippen molar-refractivity contribution in [2.75, 3.05) is 13.2 Å². The highest BCUT2D eigenvalue weighted by molar-refractivity contribution is 4.83. The highest BCUT2D eigenvalue weighted by Gasteiger charge is 2.36. The van der Waals surface area contributed by atoms with Crippen LogP contribution in [0.4, 0.5) is 0 Å². The molecule has 0 N–H and O–H groups in total. The van der Waals surface area contributed by atoms with Gasteiger partial charge in [0.05, 0.1) is 19.3 Å². The maximum Gasteiger partial charge on any atom is 0.112 e. The van der Waals surface area contributed by atoms with Gasteiger partial charge in [-0.25, -0.2) is 0 Å². The molecule has 1 aliphatic rings. The minimum atomic E-state index is 0.00366. The summed E-state index contributed by atoms with van der Waals surface area (Å²) in [4.78, 5) is 0. The number of rotatable bonds is 3. The third-order valence-corrected chi connectivity index (χ3v) is 2.22. The third-order valence-electron chi connectivity index (χ3n) is 2.22. The molecule has 2 heteroatoms. The summed E-state index contributed by atoms with van der Waals surface area (Å²) in [6.07, 6.45) is 0.337. The predicted molar refractivity (Wildman–Crippen MR) is 44.6 cm³/mol. The summed E-state index contributed by atoms with van der Waals surface area (Å²) in [6.45, 7) is 10.1. The van der Waals surface area contributed by atoms with Gasteiger partial charge in [-0.05, 0) is 19.8 Å². The molecular formula is C9H18O2. The summed E-state index contributed by atoms with van der Waals surface area (Å²) in [5.41, 5.74) is 0.00366. The van der Waals surface area contributed by atoms with Crippen molar-refractivity contribution in [1.82, 2.24) is 0 Å². The van der Waals surface area contributed by atoms with Crippen molar-refractivity contribution in [1.29, 1.82) is 0 Å². The fourth-order valence-electron chi connectivity index (χ4n) is 1.04. The van der Waals surface area contributed by atoms with E-state index in [4.69, 9.17) is 9.47 Å². The van der Waals surface area contributed by atoms with Crippen LogP contribution in [0.5, 0.6) is 0 Å². The van der Waals surface area contributed by atoms with Crippen LogP contribution in [-0.2, 0) is 9.47 Å². The molecule has 0 unspecified atom stereocenters. The van der Waals surface area contributed by atoms with E-state index in [1.165, 1.54) is 0 Å². The number of ether oxygens (including phenoxy) is 2. The van der Waals surface area contributed by atoms with Gasteiger partial charge in [-0.2, -0.15) is 0 Å². The van der Waals surface area contributed by atoms with Crippen molar-refractivity contribution in [3.63, 3.8) is 0 Å². The van der Waals surface area contributed by atoms with E-state index in [2.05, 4.69) is 27.7 Å². The van der Waals surface area contributed by atoms with E-state index in [0.29, 0.717) is 12.0 Å². The Morgan fingerprint density at radius 1 is 1.27 bits per heavy atom. The predicted octanol–water partition coefficient (Wildman–Crippen LogP) is 1.84. The molecule has 1 fully saturated rings. The molecule has 0 aromatic heterocycles. The van der Waals surface area contributed by atoms with E-state index >= 15 is 0 Å². The molecule has 0 aliphatic carbocycles. The van der Waals surface area contributed by atoms with Crippen LogP contribution in [0.2, 0.25) is 0 Å². The molecule has 0 saturated carbocycles. The minimum absolute atomic E-state index is 0.00366. The topological polar surface area (TPSA) is 18.5 Å². The largest absolute Gasteiger partial charge is 0.375 e. The van der Waals surface area contributed by atoms with Crippen molar-refractivity contribution in [2.45, 2.75) is 39.4 Å². The smallest absolute Gasteiger partial charge is 0.112 e. The van der Waals surface area contributed by atoms with Gasteiger partial charge in [0.25, 0.3) is 0 Å². The standard InChI is InChI=1S/C9H18O2/c1-7(2)8(3)11-9(4)5-10-6-9/h7-8H,5-6H2,1-4H3/t8-/m1/s1. The molecule has 1 aliphatic heterocycles. The lowest BCUT2D eigenvalue weighted by atomic mass is 10.0. The zero-order valence-corrected chi connectivity index (χ0v) is 7.89. The third kappa shape index (κ3) is 2.17. The summed E-state index contributed by atoms with van der Waals surface area (Å²) in [5, 5.41) is 0. The Balaban J connectivity index is 2.29. The van der Waals surface area contributed by atoms with E-state index in [0.717, 1.165) is 13.2 Å². The molecular weight excluding hydrogens is 140 g/mol. The SMILES string of the molecule is CC(C)[C@@H](C)OC1(C)COC1. The van der Waals surface area contributed by atoms with Crippen molar-refractivity contribution in [3.8, 4) is 0 Å². The first kappa shape index (κ1) is 9.01. The van der Waals surface area contributed by atoms with Crippen LogP contribution in [0.3, 0.4) is 0 Å². The minimum Gasteiger partial charge on any atom is -0.375 e. The maximum absolute atomic E-state index is 5.81. The van der Waals surface area contributed by atoms with Crippen LogP contribution in [0.1, 0.15) is 27.7 Å². The Kier molecular flexibility index (Phi) is 2.55. The van der Waals surface area contributed by atoms with Crippen molar-refractivity contribution in [3.05, 3.63) is 0 Å². The highest BCUT2D eigenvalue weighted by Crippen LogP contribution is 2.24. The molecule has 0 spiro atoms. The fraction of sp³-hybridized carbons (Fsp3) is 1.00. The van der Waals surface area contributed by atoms with Gasteiger partial charge in [0, 0.05) is 0 Å². The van der Waals surface area contributed by atoms with E-state index in [1.807, 2.05) is 0 Å². The van der Waals surface area contributed by atoms with Crippen LogP contribution in [0.15, 0.2) is 0 Å². The van der Waals surface area contributed by atoms with Gasteiger partial charge in [-0.15, -0.1) is 0 Å². The average molecular weight is 158 g/mol. The zero-order valence-electron chi connectivity index (χ0n) is 7.89. The lowest BCUT2D eigenvalue weighted by Crippen LogP contribution is -2.51. The monoisotopic (exact) mass is 158 g/mol. The Morgan fingerprint density at radius 2 is 1.82 bits per heavy atom. The van der Waals surface area contributed by atoms with Crippen molar-refractivity contribution < 1.29 is 9.47 Å². The average Bonchev–Trinajstić information content (AvgIpc) is 1.84. The van der Waals surface area contributed by atoms with Crippen LogP contribution in [-0.4, -0.2) is 24.9 Å². The van der Waals surface area contributed by atoms with Gasteiger partial charge in [0.1, 0.15) is 5.60 Å². The lowest BCUT2D eigenvalue weighted by Gasteiger charge is -2.40. The fourth-order valence-corrected chi connectivity index (χ4v) is 1.04. The lowest BCUT2D eigenvalue weighted by molar-refractivity contribution is -0.223. The summed E-state index contributed by atoms with van der Waals surface area (Å²) >= 11 is 0. The first-order valence-corrected chi connectivity index (χ1v) is 4.29. The molecule has 0 aromatic rings. The van der Waals surface area contributed by atoms with E-state index < -0.39 is 0 Å². The highest BCUT2D eigenvalue weighted by atomic mass is 16.6. The van der Waals surface area contributed by atoms with E-state index in [1.54, 1.807) is 0 Å². The second-order valence-electron chi connectivity index (χ2n) is 4.01. The quantitative estimate of drug-likeness (QED) is 0.624. The first-order chi connectivity index (χ1) is 5.03. The number of hydrogen-bond acceptors (Lipinski definition) is 2. The van der Waals surface area contributed by atoms with Crippen LogP contribution in [0, 0.1) is 5.92 Å². The van der Waals surface area contributed by atoms with Crippen molar-refractivity contribution in [2.24, 2.45) is 5.92 Å². The van der Waals surface area contributed by atoms with Crippen LogP contribution >= 0.6 is 0 Å². The Morgan fingerprint density at radius 3 is 2.09 bits per heavy atom. The molecule has 1 rings (SSSR count). The molecule has 1 atom stereocenters. The second-order valence-corrected chi connectivity index (χ2v) is 4.01. The molecule has 0 bridgehead atoms. The van der Waals surface area contributed by atoms with E-state index in [-0.39, 0.29) is 5.60 Å². The van der Waals surface area contributed by atoms with Gasteiger partial charge >= 0.3 is 0 Å². The molecule has 0 amide bonds. The molecule has 1 heterocycles. The number of hydrogen-bond donors (Lipinski definition) is 0. The molecule has 0 aromatic carbocycles. The van der Waals surface area contributed by atoms with E-state index in [9.17, 15) is 0 Å². The zero-order chi connectivity index (χ0) is 8.48. The molecule has 11 heavy (non-hydrogen) atoms.